The summed E-state index contributed by atoms with van der Waals surface area (Å²) in [5.41, 5.74) is 8.37. The standard InChI is InChI=1S/C15H13N3O2/c1-9-5-7-10(8-6-9)14-17-15(20-18-14)11-3-2-4-12(16)13(11)19/h2-8,19H,16H2,1H3. The Morgan fingerprint density at radius 3 is 2.60 bits per heavy atom. The molecular formula is C15H13N3O2. The molecule has 0 unspecified atom stereocenters. The van der Waals surface area contributed by atoms with E-state index in [4.69, 9.17) is 10.3 Å². The molecule has 0 saturated heterocycles. The Balaban J connectivity index is 2.02. The number of phenols is 1. The van der Waals surface area contributed by atoms with E-state index in [-0.39, 0.29) is 17.3 Å². The maximum Gasteiger partial charge on any atom is 0.262 e. The third-order valence-corrected chi connectivity index (χ3v) is 3.03. The fraction of sp³-hybridized carbons (Fsp3) is 0.0667. The number of nitrogen functional groups attached to an aromatic ring is 1. The van der Waals surface area contributed by atoms with Crippen LogP contribution in [-0.4, -0.2) is 15.2 Å². The number of hydrogen-bond acceptors (Lipinski definition) is 5. The number of rotatable bonds is 2. The zero-order valence-electron chi connectivity index (χ0n) is 10.9. The fourth-order valence-electron chi connectivity index (χ4n) is 1.89. The summed E-state index contributed by atoms with van der Waals surface area (Å²) >= 11 is 0. The van der Waals surface area contributed by atoms with Gasteiger partial charge in [0.1, 0.15) is 0 Å². The maximum absolute atomic E-state index is 9.91. The van der Waals surface area contributed by atoms with Crippen LogP contribution in [0.2, 0.25) is 0 Å². The average Bonchev–Trinajstić information content (AvgIpc) is 2.92. The molecule has 0 amide bonds. The van der Waals surface area contributed by atoms with Crippen molar-refractivity contribution in [2.75, 3.05) is 5.73 Å². The molecule has 2 aromatic carbocycles. The van der Waals surface area contributed by atoms with Gasteiger partial charge in [0.05, 0.1) is 11.3 Å². The summed E-state index contributed by atoms with van der Waals surface area (Å²) in [6.07, 6.45) is 0. The number of aromatic hydroxyl groups is 1. The molecule has 0 saturated carbocycles. The van der Waals surface area contributed by atoms with Gasteiger partial charge >= 0.3 is 0 Å². The monoisotopic (exact) mass is 267 g/mol. The highest BCUT2D eigenvalue weighted by atomic mass is 16.5. The van der Waals surface area contributed by atoms with Gasteiger partial charge in [0.15, 0.2) is 5.75 Å². The molecule has 1 aromatic heterocycles. The number of benzene rings is 2. The van der Waals surface area contributed by atoms with E-state index in [0.29, 0.717) is 11.4 Å². The van der Waals surface area contributed by atoms with Crippen molar-refractivity contribution in [2.24, 2.45) is 0 Å². The van der Waals surface area contributed by atoms with Gasteiger partial charge in [0, 0.05) is 5.56 Å². The van der Waals surface area contributed by atoms with Gasteiger partial charge in [-0.25, -0.2) is 0 Å². The van der Waals surface area contributed by atoms with E-state index in [2.05, 4.69) is 10.1 Å². The summed E-state index contributed by atoms with van der Waals surface area (Å²) in [6.45, 7) is 2.01. The summed E-state index contributed by atoms with van der Waals surface area (Å²) in [5.74, 6) is 0.666. The smallest absolute Gasteiger partial charge is 0.262 e. The van der Waals surface area contributed by atoms with Gasteiger partial charge in [-0.05, 0) is 19.1 Å². The summed E-state index contributed by atoms with van der Waals surface area (Å²) in [7, 11) is 0. The number of anilines is 1. The first-order chi connectivity index (χ1) is 9.65. The first-order valence-corrected chi connectivity index (χ1v) is 6.14. The molecule has 3 aromatic rings. The Morgan fingerprint density at radius 1 is 1.10 bits per heavy atom. The highest BCUT2D eigenvalue weighted by molar-refractivity contribution is 5.72. The van der Waals surface area contributed by atoms with Crippen LogP contribution in [0.25, 0.3) is 22.8 Å². The van der Waals surface area contributed by atoms with Gasteiger partial charge in [-0.15, -0.1) is 0 Å². The topological polar surface area (TPSA) is 85.2 Å². The van der Waals surface area contributed by atoms with Gasteiger partial charge in [-0.2, -0.15) is 4.98 Å². The van der Waals surface area contributed by atoms with Gasteiger partial charge in [-0.1, -0.05) is 41.1 Å². The van der Waals surface area contributed by atoms with Crippen LogP contribution in [0.15, 0.2) is 47.0 Å². The number of aryl methyl sites for hydroxylation is 1. The van der Waals surface area contributed by atoms with E-state index >= 15 is 0 Å². The molecule has 0 aliphatic carbocycles. The Hall–Kier alpha value is -2.82. The molecule has 0 fully saturated rings. The molecule has 100 valence electrons. The predicted molar refractivity (Wildman–Crippen MR) is 76.0 cm³/mol. The Kier molecular flexibility index (Phi) is 2.87. The van der Waals surface area contributed by atoms with Crippen LogP contribution >= 0.6 is 0 Å². The molecule has 5 nitrogen and oxygen atoms in total. The van der Waals surface area contributed by atoms with E-state index in [0.717, 1.165) is 11.1 Å². The first kappa shape index (κ1) is 12.2. The Bertz CT molecular complexity index is 748. The van der Waals surface area contributed by atoms with Crippen molar-refractivity contribution in [3.05, 3.63) is 48.0 Å². The second-order valence-electron chi connectivity index (χ2n) is 4.53. The summed E-state index contributed by atoms with van der Waals surface area (Å²) in [6, 6.07) is 12.8. The van der Waals surface area contributed by atoms with Crippen molar-refractivity contribution in [2.45, 2.75) is 6.92 Å². The van der Waals surface area contributed by atoms with Crippen LogP contribution in [-0.2, 0) is 0 Å². The summed E-state index contributed by atoms with van der Waals surface area (Å²) < 4.78 is 5.19. The molecule has 0 aliphatic heterocycles. The van der Waals surface area contributed by atoms with E-state index in [9.17, 15) is 5.11 Å². The van der Waals surface area contributed by atoms with Crippen LogP contribution in [0.5, 0.6) is 5.75 Å². The average molecular weight is 267 g/mol. The number of nitrogens with zero attached hydrogens (tertiary/aromatic N) is 2. The number of aromatic nitrogens is 2. The first-order valence-electron chi connectivity index (χ1n) is 6.14. The van der Waals surface area contributed by atoms with Crippen molar-refractivity contribution < 1.29 is 9.63 Å². The second-order valence-corrected chi connectivity index (χ2v) is 4.53. The number of nitrogens with two attached hydrogens (primary N) is 1. The minimum absolute atomic E-state index is 0.0494. The maximum atomic E-state index is 9.91. The SMILES string of the molecule is Cc1ccc(-c2noc(-c3cccc(N)c3O)n2)cc1. The molecular weight excluding hydrogens is 254 g/mol. The Labute approximate surface area is 115 Å². The number of phenolic OH excluding ortho intramolecular Hbond substituents is 1. The molecule has 5 heteroatoms. The van der Waals surface area contributed by atoms with Crippen molar-refractivity contribution in [1.82, 2.24) is 10.1 Å². The van der Waals surface area contributed by atoms with Crippen LogP contribution in [0, 0.1) is 6.92 Å². The van der Waals surface area contributed by atoms with Gasteiger partial charge in [0.2, 0.25) is 5.82 Å². The fourth-order valence-corrected chi connectivity index (χ4v) is 1.89. The zero-order chi connectivity index (χ0) is 14.1. The molecule has 0 atom stereocenters. The summed E-state index contributed by atoms with van der Waals surface area (Å²) in [4.78, 5) is 4.29. The van der Waals surface area contributed by atoms with E-state index in [1.807, 2.05) is 31.2 Å². The lowest BCUT2D eigenvalue weighted by Crippen LogP contribution is -1.88. The Morgan fingerprint density at radius 2 is 1.85 bits per heavy atom. The van der Waals surface area contributed by atoms with Gasteiger partial charge in [0.25, 0.3) is 5.89 Å². The van der Waals surface area contributed by atoms with Crippen molar-refractivity contribution >= 4 is 5.69 Å². The normalized spacial score (nSPS) is 10.7. The number of para-hydroxylation sites is 1. The third kappa shape index (κ3) is 2.09. The van der Waals surface area contributed by atoms with Gasteiger partial charge in [-0.3, -0.25) is 0 Å². The summed E-state index contributed by atoms with van der Waals surface area (Å²) in [5, 5.41) is 13.8. The molecule has 20 heavy (non-hydrogen) atoms. The lowest BCUT2D eigenvalue weighted by molar-refractivity contribution is 0.426. The molecule has 0 aliphatic rings. The lowest BCUT2D eigenvalue weighted by atomic mass is 10.1. The number of hydrogen-bond donors (Lipinski definition) is 2. The highest BCUT2D eigenvalue weighted by Crippen LogP contribution is 2.33. The van der Waals surface area contributed by atoms with Crippen molar-refractivity contribution in [1.29, 1.82) is 0 Å². The molecule has 1 heterocycles. The minimum atomic E-state index is -0.0494. The molecule has 0 spiro atoms. The quantitative estimate of drug-likeness (QED) is 0.550. The van der Waals surface area contributed by atoms with Crippen LogP contribution in [0.1, 0.15) is 5.56 Å². The van der Waals surface area contributed by atoms with E-state index in [1.54, 1.807) is 18.2 Å². The van der Waals surface area contributed by atoms with E-state index < -0.39 is 0 Å². The second kappa shape index (κ2) is 4.70. The lowest BCUT2D eigenvalue weighted by Gasteiger charge is -2.01. The van der Waals surface area contributed by atoms with Crippen molar-refractivity contribution in [3.8, 4) is 28.6 Å². The molecule has 3 N–H and O–H groups in total. The van der Waals surface area contributed by atoms with Gasteiger partial charge < -0.3 is 15.4 Å². The highest BCUT2D eigenvalue weighted by Gasteiger charge is 2.15. The molecule has 0 bridgehead atoms. The van der Waals surface area contributed by atoms with Crippen LogP contribution in [0.4, 0.5) is 5.69 Å². The third-order valence-electron chi connectivity index (χ3n) is 3.03. The van der Waals surface area contributed by atoms with Crippen LogP contribution in [0.3, 0.4) is 0 Å². The van der Waals surface area contributed by atoms with E-state index in [1.165, 1.54) is 0 Å². The van der Waals surface area contributed by atoms with Crippen molar-refractivity contribution in [3.63, 3.8) is 0 Å². The minimum Gasteiger partial charge on any atom is -0.505 e. The molecule has 0 radical (unpaired) electrons. The predicted octanol–water partition coefficient (Wildman–Crippen LogP) is 3.00. The zero-order valence-corrected chi connectivity index (χ0v) is 10.9. The van der Waals surface area contributed by atoms with Crippen LogP contribution < -0.4 is 5.73 Å². The largest absolute Gasteiger partial charge is 0.505 e. The molecule has 3 rings (SSSR count).